The first-order valence-corrected chi connectivity index (χ1v) is 8.57. The third kappa shape index (κ3) is 4.21. The molecule has 1 saturated heterocycles. The first-order chi connectivity index (χ1) is 9.11. The zero-order valence-corrected chi connectivity index (χ0v) is 12.2. The molecular weight excluding hydrogens is 260 g/mol. The Morgan fingerprint density at radius 1 is 1.16 bits per heavy atom. The van der Waals surface area contributed by atoms with Gasteiger partial charge in [-0.3, -0.25) is 0 Å². The monoisotopic (exact) mass is 282 g/mol. The van der Waals surface area contributed by atoms with Crippen LogP contribution in [-0.2, 0) is 16.4 Å². The van der Waals surface area contributed by atoms with E-state index in [9.17, 15) is 8.42 Å². The maximum Gasteiger partial charge on any atom is 0.211 e. The highest BCUT2D eigenvalue weighted by molar-refractivity contribution is 7.89. The minimum atomic E-state index is -3.07. The van der Waals surface area contributed by atoms with Crippen LogP contribution in [-0.4, -0.2) is 33.8 Å². The molecule has 4 nitrogen and oxygen atoms in total. The van der Waals surface area contributed by atoms with Crippen LogP contribution in [0.5, 0.6) is 0 Å². The maximum absolute atomic E-state index is 11.3. The average Bonchev–Trinajstić information content (AvgIpc) is 2.93. The van der Waals surface area contributed by atoms with E-state index in [-0.39, 0.29) is 5.75 Å². The fourth-order valence-electron chi connectivity index (χ4n) is 2.30. The van der Waals surface area contributed by atoms with E-state index in [0.29, 0.717) is 6.54 Å². The lowest BCUT2D eigenvalue weighted by atomic mass is 10.1. The summed E-state index contributed by atoms with van der Waals surface area (Å²) in [5.41, 5.74) is 2.44. The van der Waals surface area contributed by atoms with Crippen molar-refractivity contribution in [3.05, 3.63) is 29.8 Å². The number of hydrogen-bond donors (Lipinski definition) is 1. The lowest BCUT2D eigenvalue weighted by Gasteiger charge is -2.17. The molecule has 0 aliphatic carbocycles. The lowest BCUT2D eigenvalue weighted by molar-refractivity contribution is 0.583. The number of sulfonamides is 1. The van der Waals surface area contributed by atoms with Crippen LogP contribution in [0.1, 0.15) is 25.3 Å². The summed E-state index contributed by atoms with van der Waals surface area (Å²) in [6, 6.07) is 8.45. The Labute approximate surface area is 115 Å². The predicted octanol–water partition coefficient (Wildman–Crippen LogP) is 1.77. The Balaban J connectivity index is 1.85. The molecule has 5 heteroatoms. The number of nitrogens with zero attached hydrogens (tertiary/aromatic N) is 1. The molecule has 1 heterocycles. The van der Waals surface area contributed by atoms with Crippen LogP contribution in [0.3, 0.4) is 0 Å². The topological polar surface area (TPSA) is 49.4 Å². The van der Waals surface area contributed by atoms with Crippen molar-refractivity contribution in [2.45, 2.75) is 26.2 Å². The SMILES string of the molecule is CCS(=O)(=O)NCCc1ccc(N2CCCC2)cc1. The Hall–Kier alpha value is -1.07. The summed E-state index contributed by atoms with van der Waals surface area (Å²) >= 11 is 0. The van der Waals surface area contributed by atoms with Gasteiger partial charge in [0.05, 0.1) is 5.75 Å². The number of hydrogen-bond acceptors (Lipinski definition) is 3. The largest absolute Gasteiger partial charge is 0.372 e. The zero-order chi connectivity index (χ0) is 13.7. The lowest BCUT2D eigenvalue weighted by Crippen LogP contribution is -2.27. The molecule has 1 aromatic rings. The molecule has 1 N–H and O–H groups in total. The van der Waals surface area contributed by atoms with Crippen molar-refractivity contribution < 1.29 is 8.42 Å². The molecule has 0 atom stereocenters. The highest BCUT2D eigenvalue weighted by Crippen LogP contribution is 2.20. The highest BCUT2D eigenvalue weighted by atomic mass is 32.2. The number of rotatable bonds is 6. The van der Waals surface area contributed by atoms with Gasteiger partial charge in [0.2, 0.25) is 10.0 Å². The Morgan fingerprint density at radius 2 is 1.79 bits per heavy atom. The van der Waals surface area contributed by atoms with Gasteiger partial charge in [-0.2, -0.15) is 0 Å². The van der Waals surface area contributed by atoms with Crippen LogP contribution in [0, 0.1) is 0 Å². The second kappa shape index (κ2) is 6.39. The van der Waals surface area contributed by atoms with Gasteiger partial charge in [-0.1, -0.05) is 12.1 Å². The fraction of sp³-hybridized carbons (Fsp3) is 0.571. The van der Waals surface area contributed by atoms with Crippen molar-refractivity contribution in [2.75, 3.05) is 30.3 Å². The van der Waals surface area contributed by atoms with Gasteiger partial charge < -0.3 is 4.90 Å². The molecule has 1 aliphatic heterocycles. The van der Waals surface area contributed by atoms with E-state index < -0.39 is 10.0 Å². The van der Waals surface area contributed by atoms with Crippen molar-refractivity contribution >= 4 is 15.7 Å². The Bertz CT molecular complexity index is 491. The van der Waals surface area contributed by atoms with E-state index in [0.717, 1.165) is 19.5 Å². The van der Waals surface area contributed by atoms with Crippen LogP contribution in [0.15, 0.2) is 24.3 Å². The molecule has 1 aromatic carbocycles. The standard InChI is InChI=1S/C14H22N2O2S/c1-2-19(17,18)15-10-9-13-5-7-14(8-6-13)16-11-3-4-12-16/h5-8,15H,2-4,9-12H2,1H3. The van der Waals surface area contributed by atoms with Crippen molar-refractivity contribution in [3.8, 4) is 0 Å². The van der Waals surface area contributed by atoms with E-state index in [1.807, 2.05) is 0 Å². The van der Waals surface area contributed by atoms with Gasteiger partial charge in [0.25, 0.3) is 0 Å². The second-order valence-electron chi connectivity index (χ2n) is 4.91. The molecular formula is C14H22N2O2S. The first kappa shape index (κ1) is 14.3. The minimum Gasteiger partial charge on any atom is -0.372 e. The Kier molecular flexibility index (Phi) is 4.82. The molecule has 0 amide bonds. The van der Waals surface area contributed by atoms with Gasteiger partial charge in [0.1, 0.15) is 0 Å². The van der Waals surface area contributed by atoms with Crippen LogP contribution < -0.4 is 9.62 Å². The summed E-state index contributed by atoms with van der Waals surface area (Å²) in [5, 5.41) is 0. The maximum atomic E-state index is 11.3. The molecule has 19 heavy (non-hydrogen) atoms. The van der Waals surface area contributed by atoms with Crippen molar-refractivity contribution in [3.63, 3.8) is 0 Å². The first-order valence-electron chi connectivity index (χ1n) is 6.92. The Morgan fingerprint density at radius 3 is 2.37 bits per heavy atom. The molecule has 0 saturated carbocycles. The fourth-order valence-corrected chi connectivity index (χ4v) is 2.92. The quantitative estimate of drug-likeness (QED) is 0.865. The predicted molar refractivity (Wildman–Crippen MR) is 79.1 cm³/mol. The molecule has 106 valence electrons. The van der Waals surface area contributed by atoms with Crippen molar-refractivity contribution in [2.24, 2.45) is 0 Å². The normalized spacial score (nSPS) is 15.9. The molecule has 2 rings (SSSR count). The van der Waals surface area contributed by atoms with Crippen molar-refractivity contribution in [1.82, 2.24) is 4.72 Å². The summed E-state index contributed by atoms with van der Waals surface area (Å²) in [5.74, 6) is 0.140. The summed E-state index contributed by atoms with van der Waals surface area (Å²) in [6.07, 6.45) is 3.29. The molecule has 0 radical (unpaired) electrons. The highest BCUT2D eigenvalue weighted by Gasteiger charge is 2.11. The van der Waals surface area contributed by atoms with E-state index in [1.54, 1.807) is 6.92 Å². The van der Waals surface area contributed by atoms with Gasteiger partial charge in [0, 0.05) is 25.3 Å². The average molecular weight is 282 g/mol. The van der Waals surface area contributed by atoms with E-state index >= 15 is 0 Å². The van der Waals surface area contributed by atoms with Crippen LogP contribution in [0.25, 0.3) is 0 Å². The third-order valence-corrected chi connectivity index (χ3v) is 4.93. The molecule has 1 fully saturated rings. The number of anilines is 1. The van der Waals surface area contributed by atoms with Crippen LogP contribution in [0.2, 0.25) is 0 Å². The summed E-state index contributed by atoms with van der Waals surface area (Å²) < 4.78 is 25.2. The summed E-state index contributed by atoms with van der Waals surface area (Å²) in [7, 11) is -3.07. The van der Waals surface area contributed by atoms with Crippen molar-refractivity contribution in [1.29, 1.82) is 0 Å². The number of nitrogens with one attached hydrogen (secondary N) is 1. The zero-order valence-electron chi connectivity index (χ0n) is 11.4. The van der Waals surface area contributed by atoms with Gasteiger partial charge in [0.15, 0.2) is 0 Å². The van der Waals surface area contributed by atoms with Gasteiger partial charge in [-0.05, 0) is 43.9 Å². The minimum absolute atomic E-state index is 0.140. The van der Waals surface area contributed by atoms with E-state index in [4.69, 9.17) is 0 Å². The van der Waals surface area contributed by atoms with E-state index in [2.05, 4.69) is 33.9 Å². The third-order valence-electron chi connectivity index (χ3n) is 3.52. The molecule has 0 bridgehead atoms. The van der Waals surface area contributed by atoms with Gasteiger partial charge in [-0.25, -0.2) is 13.1 Å². The number of benzene rings is 1. The van der Waals surface area contributed by atoms with Crippen LogP contribution >= 0.6 is 0 Å². The smallest absolute Gasteiger partial charge is 0.211 e. The molecule has 0 aromatic heterocycles. The molecule has 0 unspecified atom stereocenters. The van der Waals surface area contributed by atoms with Gasteiger partial charge >= 0.3 is 0 Å². The molecule has 0 spiro atoms. The van der Waals surface area contributed by atoms with E-state index in [1.165, 1.54) is 24.1 Å². The second-order valence-corrected chi connectivity index (χ2v) is 7.00. The van der Waals surface area contributed by atoms with Gasteiger partial charge in [-0.15, -0.1) is 0 Å². The summed E-state index contributed by atoms with van der Waals surface area (Å²) in [4.78, 5) is 2.39. The molecule has 1 aliphatic rings. The summed E-state index contributed by atoms with van der Waals surface area (Å²) in [6.45, 7) is 4.41. The van der Waals surface area contributed by atoms with Crippen LogP contribution in [0.4, 0.5) is 5.69 Å².